The first kappa shape index (κ1) is 17.9. The average Bonchev–Trinajstić information content (AvgIpc) is 3.21. The Kier molecular flexibility index (Phi) is 5.34. The number of nitrogens with zero attached hydrogens (tertiary/aromatic N) is 4. The SMILES string of the molecule is Cc1cc(N(C(N)=NCC2CCCCC2)c2nccs2)c2ccccc2n1. The molecule has 1 fully saturated rings. The molecule has 0 radical (unpaired) electrons. The van der Waals surface area contributed by atoms with Gasteiger partial charge in [0.2, 0.25) is 5.96 Å². The second kappa shape index (κ2) is 8.05. The van der Waals surface area contributed by atoms with E-state index in [1.807, 2.05) is 35.4 Å². The van der Waals surface area contributed by atoms with Crippen molar-refractivity contribution in [2.45, 2.75) is 39.0 Å². The van der Waals surface area contributed by atoms with E-state index < -0.39 is 0 Å². The number of aromatic nitrogens is 2. The lowest BCUT2D eigenvalue weighted by atomic mass is 9.89. The van der Waals surface area contributed by atoms with Gasteiger partial charge in [0.1, 0.15) is 0 Å². The first-order valence-electron chi connectivity index (χ1n) is 9.58. The molecule has 2 aromatic heterocycles. The molecule has 140 valence electrons. The predicted molar refractivity (Wildman–Crippen MR) is 114 cm³/mol. The summed E-state index contributed by atoms with van der Waals surface area (Å²) >= 11 is 1.56. The Hall–Kier alpha value is -2.47. The summed E-state index contributed by atoms with van der Waals surface area (Å²) in [6.07, 6.45) is 8.28. The molecule has 27 heavy (non-hydrogen) atoms. The minimum Gasteiger partial charge on any atom is -0.369 e. The van der Waals surface area contributed by atoms with E-state index >= 15 is 0 Å². The third kappa shape index (κ3) is 3.95. The van der Waals surface area contributed by atoms with Crippen LogP contribution in [0.2, 0.25) is 0 Å². The molecule has 0 saturated heterocycles. The summed E-state index contributed by atoms with van der Waals surface area (Å²) in [5, 5.41) is 3.84. The third-order valence-electron chi connectivity index (χ3n) is 5.14. The number of para-hydroxylation sites is 1. The van der Waals surface area contributed by atoms with Gasteiger partial charge < -0.3 is 5.73 Å². The van der Waals surface area contributed by atoms with Crippen LogP contribution in [0.15, 0.2) is 46.9 Å². The molecule has 1 aliphatic carbocycles. The van der Waals surface area contributed by atoms with Crippen LogP contribution in [0.25, 0.3) is 10.9 Å². The van der Waals surface area contributed by atoms with Crippen LogP contribution in [-0.4, -0.2) is 22.5 Å². The van der Waals surface area contributed by atoms with E-state index in [9.17, 15) is 0 Å². The molecule has 1 saturated carbocycles. The minimum atomic E-state index is 0.506. The standard InChI is InChI=1S/C21H25N5S/c1-15-13-19(17-9-5-6-10-18(17)25-15)26(21-23-11-12-27-21)20(22)24-14-16-7-3-2-4-8-16/h5-6,9-13,16H,2-4,7-8,14H2,1H3,(H2,22,24). The summed E-state index contributed by atoms with van der Waals surface area (Å²) in [4.78, 5) is 15.9. The lowest BCUT2D eigenvalue weighted by Crippen LogP contribution is -2.34. The highest BCUT2D eigenvalue weighted by atomic mass is 32.1. The lowest BCUT2D eigenvalue weighted by Gasteiger charge is -2.24. The molecule has 4 rings (SSSR count). The van der Waals surface area contributed by atoms with E-state index in [-0.39, 0.29) is 0 Å². The molecule has 3 aromatic rings. The largest absolute Gasteiger partial charge is 0.369 e. The molecule has 0 amide bonds. The summed E-state index contributed by atoms with van der Waals surface area (Å²) in [5.41, 5.74) is 9.41. The topological polar surface area (TPSA) is 67.4 Å². The number of nitrogens with two attached hydrogens (primary N) is 1. The maximum atomic E-state index is 6.52. The molecule has 5 nitrogen and oxygen atoms in total. The van der Waals surface area contributed by atoms with Crippen molar-refractivity contribution in [3.63, 3.8) is 0 Å². The highest BCUT2D eigenvalue weighted by molar-refractivity contribution is 7.13. The van der Waals surface area contributed by atoms with E-state index in [4.69, 9.17) is 10.7 Å². The van der Waals surface area contributed by atoms with Crippen LogP contribution < -0.4 is 10.6 Å². The van der Waals surface area contributed by atoms with Crippen molar-refractivity contribution in [3.8, 4) is 0 Å². The quantitative estimate of drug-likeness (QED) is 0.510. The van der Waals surface area contributed by atoms with Gasteiger partial charge in [-0.25, -0.2) is 4.98 Å². The molecule has 0 unspecified atom stereocenters. The predicted octanol–water partition coefficient (Wildman–Crippen LogP) is 5.03. The zero-order valence-electron chi connectivity index (χ0n) is 15.6. The summed E-state index contributed by atoms with van der Waals surface area (Å²) in [7, 11) is 0. The first-order chi connectivity index (χ1) is 13.2. The number of fused-ring (bicyclic) bond motifs is 1. The van der Waals surface area contributed by atoms with E-state index in [2.05, 4.69) is 22.1 Å². The zero-order valence-corrected chi connectivity index (χ0v) is 16.5. The maximum Gasteiger partial charge on any atom is 0.202 e. The van der Waals surface area contributed by atoms with E-state index in [0.29, 0.717) is 11.9 Å². The minimum absolute atomic E-state index is 0.506. The Labute approximate surface area is 164 Å². The van der Waals surface area contributed by atoms with E-state index in [1.165, 1.54) is 32.1 Å². The molecule has 2 heterocycles. The summed E-state index contributed by atoms with van der Waals surface area (Å²) in [5.74, 6) is 1.15. The van der Waals surface area contributed by atoms with Crippen LogP contribution in [0.3, 0.4) is 0 Å². The number of aliphatic imine (C=N–C) groups is 1. The molecule has 1 aliphatic rings. The molecule has 6 heteroatoms. The highest BCUT2D eigenvalue weighted by Crippen LogP contribution is 2.33. The smallest absolute Gasteiger partial charge is 0.202 e. The van der Waals surface area contributed by atoms with Gasteiger partial charge in [0, 0.05) is 29.2 Å². The molecular weight excluding hydrogens is 354 g/mol. The number of benzene rings is 1. The van der Waals surface area contributed by atoms with Gasteiger partial charge in [-0.3, -0.25) is 14.9 Å². The molecule has 0 spiro atoms. The van der Waals surface area contributed by atoms with Gasteiger partial charge in [0.25, 0.3) is 0 Å². The van der Waals surface area contributed by atoms with Crippen molar-refractivity contribution >= 4 is 39.0 Å². The van der Waals surface area contributed by atoms with Gasteiger partial charge in [-0.05, 0) is 37.8 Å². The number of hydrogen-bond donors (Lipinski definition) is 1. The molecular formula is C21H25N5S. The van der Waals surface area contributed by atoms with Crippen LogP contribution >= 0.6 is 11.3 Å². The van der Waals surface area contributed by atoms with Crippen molar-refractivity contribution in [2.75, 3.05) is 11.4 Å². The second-order valence-electron chi connectivity index (χ2n) is 7.15. The Morgan fingerprint density at radius 2 is 2.07 bits per heavy atom. The lowest BCUT2D eigenvalue weighted by molar-refractivity contribution is 0.367. The number of anilines is 2. The maximum absolute atomic E-state index is 6.52. The van der Waals surface area contributed by atoms with Crippen LogP contribution in [0.1, 0.15) is 37.8 Å². The van der Waals surface area contributed by atoms with Crippen molar-refractivity contribution in [1.29, 1.82) is 0 Å². The second-order valence-corrected chi connectivity index (χ2v) is 8.03. The van der Waals surface area contributed by atoms with Crippen LogP contribution in [0.5, 0.6) is 0 Å². The van der Waals surface area contributed by atoms with Gasteiger partial charge in [-0.2, -0.15) is 0 Å². The van der Waals surface area contributed by atoms with Gasteiger partial charge in [0.05, 0.1) is 11.2 Å². The Morgan fingerprint density at radius 1 is 1.26 bits per heavy atom. The van der Waals surface area contributed by atoms with Gasteiger partial charge in [-0.1, -0.05) is 37.5 Å². The van der Waals surface area contributed by atoms with Crippen LogP contribution in [0.4, 0.5) is 10.8 Å². The zero-order chi connectivity index (χ0) is 18.6. The van der Waals surface area contributed by atoms with Crippen LogP contribution in [-0.2, 0) is 0 Å². The number of thiazole rings is 1. The first-order valence-corrected chi connectivity index (χ1v) is 10.5. The number of guanidine groups is 1. The van der Waals surface area contributed by atoms with Crippen molar-refractivity contribution in [3.05, 3.63) is 47.6 Å². The Balaban J connectivity index is 1.74. The Morgan fingerprint density at radius 3 is 2.85 bits per heavy atom. The fraction of sp³-hybridized carbons (Fsp3) is 0.381. The number of hydrogen-bond acceptors (Lipinski definition) is 4. The van der Waals surface area contributed by atoms with Crippen molar-refractivity contribution in [1.82, 2.24) is 9.97 Å². The molecule has 0 atom stereocenters. The summed E-state index contributed by atoms with van der Waals surface area (Å²) in [6.45, 7) is 2.79. The van der Waals surface area contributed by atoms with Gasteiger partial charge in [0.15, 0.2) is 5.13 Å². The Bertz CT molecular complexity index is 929. The third-order valence-corrected chi connectivity index (χ3v) is 5.90. The monoisotopic (exact) mass is 379 g/mol. The average molecular weight is 380 g/mol. The fourth-order valence-corrected chi connectivity index (χ4v) is 4.45. The number of rotatable bonds is 4. The van der Waals surface area contributed by atoms with E-state index in [1.54, 1.807) is 17.5 Å². The number of aryl methyl sites for hydroxylation is 1. The molecule has 2 N–H and O–H groups in total. The molecule has 1 aromatic carbocycles. The van der Waals surface area contributed by atoms with Gasteiger partial charge in [-0.15, -0.1) is 11.3 Å². The highest BCUT2D eigenvalue weighted by Gasteiger charge is 2.20. The number of pyridine rings is 1. The molecule has 0 bridgehead atoms. The fourth-order valence-electron chi connectivity index (χ4n) is 3.78. The van der Waals surface area contributed by atoms with Crippen molar-refractivity contribution in [2.24, 2.45) is 16.6 Å². The normalized spacial score (nSPS) is 16.0. The van der Waals surface area contributed by atoms with Crippen molar-refractivity contribution < 1.29 is 0 Å². The van der Waals surface area contributed by atoms with Gasteiger partial charge >= 0.3 is 0 Å². The van der Waals surface area contributed by atoms with E-state index in [0.717, 1.165) is 34.0 Å². The summed E-state index contributed by atoms with van der Waals surface area (Å²) < 4.78 is 0. The van der Waals surface area contributed by atoms with Crippen LogP contribution in [0, 0.1) is 12.8 Å². The summed E-state index contributed by atoms with van der Waals surface area (Å²) in [6, 6.07) is 10.2. The molecule has 0 aliphatic heterocycles.